The Balaban J connectivity index is 1.96. The van der Waals surface area contributed by atoms with Gasteiger partial charge < -0.3 is 15.6 Å². The number of amides is 2. The van der Waals surface area contributed by atoms with E-state index in [1.165, 1.54) is 0 Å². The second-order valence-corrected chi connectivity index (χ2v) is 5.11. The third-order valence-electron chi connectivity index (χ3n) is 3.41. The third kappa shape index (κ3) is 4.37. The van der Waals surface area contributed by atoms with Crippen molar-refractivity contribution in [1.29, 1.82) is 0 Å². The van der Waals surface area contributed by atoms with Crippen LogP contribution in [0.1, 0.15) is 24.8 Å². The number of allylic oxidation sites excluding steroid dienone is 2. The van der Waals surface area contributed by atoms with Crippen LogP contribution in [0.2, 0.25) is 0 Å². The molecule has 1 aliphatic carbocycles. The molecule has 0 aromatic carbocycles. The first kappa shape index (κ1) is 16.1. The van der Waals surface area contributed by atoms with E-state index >= 15 is 0 Å². The molecule has 0 radical (unpaired) electrons. The van der Waals surface area contributed by atoms with Crippen LogP contribution in [0.25, 0.3) is 0 Å². The number of halogens is 3. The van der Waals surface area contributed by atoms with Gasteiger partial charge in [-0.15, -0.1) is 0 Å². The maximum Gasteiger partial charge on any atom is 0.417 e. The summed E-state index contributed by atoms with van der Waals surface area (Å²) in [7, 11) is 0. The molecule has 3 N–H and O–H groups in total. The standard InChI is InChI=1S/C14H16F3N3O2/c15-14(16,17)10-6-11(12(21)18-8-10)20-13(22)19-7-9-4-2-1-3-5-9/h1-2,6,8-9H,3-5,7H2,(H,18,21)(H2,19,20,22)/t9-/m1/s1. The Morgan fingerprint density at radius 1 is 1.36 bits per heavy atom. The summed E-state index contributed by atoms with van der Waals surface area (Å²) in [4.78, 5) is 25.1. The Bertz CT molecular complexity index is 622. The van der Waals surface area contributed by atoms with Gasteiger partial charge in [0.25, 0.3) is 5.56 Å². The van der Waals surface area contributed by atoms with Crippen LogP contribution < -0.4 is 16.2 Å². The molecule has 0 unspecified atom stereocenters. The van der Waals surface area contributed by atoms with Gasteiger partial charge in [-0.2, -0.15) is 13.2 Å². The van der Waals surface area contributed by atoms with Gasteiger partial charge in [0.15, 0.2) is 0 Å². The minimum absolute atomic E-state index is 0.301. The summed E-state index contributed by atoms with van der Waals surface area (Å²) >= 11 is 0. The molecule has 1 aromatic heterocycles. The summed E-state index contributed by atoms with van der Waals surface area (Å²) in [6.07, 6.45) is 2.82. The highest BCUT2D eigenvalue weighted by molar-refractivity contribution is 5.89. The summed E-state index contributed by atoms with van der Waals surface area (Å²) in [5.74, 6) is 0.301. The molecular weight excluding hydrogens is 299 g/mol. The average Bonchev–Trinajstić information content (AvgIpc) is 2.47. The van der Waals surface area contributed by atoms with E-state index in [2.05, 4.69) is 16.7 Å². The second-order valence-electron chi connectivity index (χ2n) is 5.11. The predicted molar refractivity (Wildman–Crippen MR) is 75.6 cm³/mol. The van der Waals surface area contributed by atoms with Crippen molar-refractivity contribution in [2.75, 3.05) is 11.9 Å². The Morgan fingerprint density at radius 2 is 2.14 bits per heavy atom. The molecule has 0 bridgehead atoms. The van der Waals surface area contributed by atoms with Crippen molar-refractivity contribution in [2.24, 2.45) is 5.92 Å². The van der Waals surface area contributed by atoms with Crippen LogP contribution in [-0.2, 0) is 6.18 Å². The highest BCUT2D eigenvalue weighted by Crippen LogP contribution is 2.29. The smallest absolute Gasteiger partial charge is 0.338 e. The molecule has 0 saturated heterocycles. The molecule has 5 nitrogen and oxygen atoms in total. The number of aromatic amines is 1. The molecule has 2 amide bonds. The summed E-state index contributed by atoms with van der Waals surface area (Å²) < 4.78 is 37.7. The van der Waals surface area contributed by atoms with Crippen molar-refractivity contribution in [3.8, 4) is 0 Å². The van der Waals surface area contributed by atoms with Crippen LogP contribution >= 0.6 is 0 Å². The van der Waals surface area contributed by atoms with E-state index < -0.39 is 29.0 Å². The fourth-order valence-electron chi connectivity index (χ4n) is 2.19. The first-order valence-electron chi connectivity index (χ1n) is 6.86. The number of carbonyl (C=O) groups excluding carboxylic acids is 1. The number of pyridine rings is 1. The van der Waals surface area contributed by atoms with Gasteiger partial charge in [0.1, 0.15) is 5.69 Å². The Labute approximate surface area is 124 Å². The van der Waals surface area contributed by atoms with Crippen LogP contribution in [0.3, 0.4) is 0 Å². The molecule has 1 atom stereocenters. The first-order valence-corrected chi connectivity index (χ1v) is 6.86. The monoisotopic (exact) mass is 315 g/mol. The van der Waals surface area contributed by atoms with Gasteiger partial charge in [0.05, 0.1) is 5.56 Å². The highest BCUT2D eigenvalue weighted by atomic mass is 19.4. The zero-order valence-corrected chi connectivity index (χ0v) is 11.7. The highest BCUT2D eigenvalue weighted by Gasteiger charge is 2.31. The Kier molecular flexibility index (Phi) is 4.89. The maximum atomic E-state index is 12.6. The molecule has 22 heavy (non-hydrogen) atoms. The van der Waals surface area contributed by atoms with Crippen LogP contribution in [0.4, 0.5) is 23.7 Å². The number of nitrogens with one attached hydrogen (secondary N) is 3. The number of hydrogen-bond acceptors (Lipinski definition) is 2. The van der Waals surface area contributed by atoms with Gasteiger partial charge in [-0.1, -0.05) is 12.2 Å². The number of hydrogen-bond donors (Lipinski definition) is 3. The predicted octanol–water partition coefficient (Wildman–Crippen LogP) is 2.87. The number of urea groups is 1. The largest absolute Gasteiger partial charge is 0.417 e. The maximum absolute atomic E-state index is 12.6. The van der Waals surface area contributed by atoms with Crippen LogP contribution in [0.15, 0.2) is 29.2 Å². The van der Waals surface area contributed by atoms with Crippen LogP contribution in [0.5, 0.6) is 0 Å². The Morgan fingerprint density at radius 3 is 2.77 bits per heavy atom. The molecule has 2 rings (SSSR count). The van der Waals surface area contributed by atoms with Gasteiger partial charge in [-0.05, 0) is 31.2 Å². The van der Waals surface area contributed by atoms with E-state index in [-0.39, 0.29) is 0 Å². The fourth-order valence-corrected chi connectivity index (χ4v) is 2.19. The van der Waals surface area contributed by atoms with Gasteiger partial charge in [0.2, 0.25) is 0 Å². The average molecular weight is 315 g/mol. The molecule has 8 heteroatoms. The number of H-pyrrole nitrogens is 1. The van der Waals surface area contributed by atoms with Crippen LogP contribution in [0, 0.1) is 5.92 Å². The summed E-state index contributed by atoms with van der Waals surface area (Å²) in [5, 5.41) is 4.72. The molecule has 1 heterocycles. The lowest BCUT2D eigenvalue weighted by Crippen LogP contribution is -2.35. The molecule has 1 aliphatic rings. The van der Waals surface area contributed by atoms with E-state index in [4.69, 9.17) is 0 Å². The van der Waals surface area contributed by atoms with Crippen molar-refractivity contribution in [1.82, 2.24) is 10.3 Å². The van der Waals surface area contributed by atoms with Gasteiger partial charge in [-0.3, -0.25) is 4.79 Å². The minimum atomic E-state index is -4.59. The molecule has 1 aromatic rings. The molecule has 120 valence electrons. The van der Waals surface area contributed by atoms with E-state index in [0.29, 0.717) is 24.7 Å². The lowest BCUT2D eigenvalue weighted by atomic mass is 9.94. The van der Waals surface area contributed by atoms with Crippen molar-refractivity contribution in [3.05, 3.63) is 40.3 Å². The van der Waals surface area contributed by atoms with E-state index in [1.54, 1.807) is 0 Å². The zero-order chi connectivity index (χ0) is 16.2. The number of rotatable bonds is 3. The number of carbonyl (C=O) groups is 1. The quantitative estimate of drug-likeness (QED) is 0.750. The molecule has 0 fully saturated rings. The normalized spacial score (nSPS) is 18.0. The fraction of sp³-hybridized carbons (Fsp3) is 0.429. The van der Waals surface area contributed by atoms with Gasteiger partial charge >= 0.3 is 12.2 Å². The first-order chi connectivity index (χ1) is 10.4. The van der Waals surface area contributed by atoms with Crippen molar-refractivity contribution in [2.45, 2.75) is 25.4 Å². The van der Waals surface area contributed by atoms with E-state index in [0.717, 1.165) is 19.3 Å². The van der Waals surface area contributed by atoms with Crippen molar-refractivity contribution >= 4 is 11.7 Å². The second kappa shape index (κ2) is 6.67. The zero-order valence-electron chi connectivity index (χ0n) is 11.7. The molecule has 0 saturated carbocycles. The molecule has 0 aliphatic heterocycles. The lowest BCUT2D eigenvalue weighted by Gasteiger charge is -2.18. The van der Waals surface area contributed by atoms with Crippen molar-refractivity contribution in [3.63, 3.8) is 0 Å². The molecular formula is C14H16F3N3O2. The number of aromatic nitrogens is 1. The van der Waals surface area contributed by atoms with Crippen molar-refractivity contribution < 1.29 is 18.0 Å². The van der Waals surface area contributed by atoms with E-state index in [9.17, 15) is 22.8 Å². The minimum Gasteiger partial charge on any atom is -0.338 e. The number of anilines is 1. The topological polar surface area (TPSA) is 74.0 Å². The summed E-state index contributed by atoms with van der Waals surface area (Å²) in [6.45, 7) is 0.410. The van der Waals surface area contributed by atoms with E-state index in [1.807, 2.05) is 11.1 Å². The lowest BCUT2D eigenvalue weighted by molar-refractivity contribution is -0.137. The molecule has 0 spiro atoms. The summed E-state index contributed by atoms with van der Waals surface area (Å²) in [6, 6.07) is -0.0822. The summed E-state index contributed by atoms with van der Waals surface area (Å²) in [5.41, 5.74) is -2.25. The SMILES string of the molecule is O=C(NC[C@@H]1CC=CCC1)Nc1cc(C(F)(F)F)c[nH]c1=O. The number of alkyl halides is 3. The van der Waals surface area contributed by atoms with Crippen LogP contribution in [-0.4, -0.2) is 17.6 Å². The van der Waals surface area contributed by atoms with Gasteiger partial charge in [0, 0.05) is 12.7 Å². The Hall–Kier alpha value is -2.25. The van der Waals surface area contributed by atoms with Gasteiger partial charge in [-0.25, -0.2) is 4.79 Å². The third-order valence-corrected chi connectivity index (χ3v) is 3.41.